The van der Waals surface area contributed by atoms with Gasteiger partial charge in [0.05, 0.1) is 12.2 Å². The highest BCUT2D eigenvalue weighted by Gasteiger charge is 2.27. The summed E-state index contributed by atoms with van der Waals surface area (Å²) in [6.07, 6.45) is 1.31. The van der Waals surface area contributed by atoms with Crippen LogP contribution in [0.25, 0.3) is 6.08 Å². The molecule has 0 aromatic heterocycles. The molecule has 1 fully saturated rings. The first-order valence-corrected chi connectivity index (χ1v) is 8.40. The molecule has 0 spiro atoms. The highest BCUT2D eigenvalue weighted by molar-refractivity contribution is 6.31. The molecule has 3 rings (SSSR count). The van der Waals surface area contributed by atoms with Crippen molar-refractivity contribution in [2.75, 3.05) is 6.61 Å². The van der Waals surface area contributed by atoms with Gasteiger partial charge < -0.3 is 9.47 Å². The molecule has 0 unspecified atom stereocenters. The smallest absolute Gasteiger partial charge is 0.343 e. The van der Waals surface area contributed by atoms with Crippen molar-refractivity contribution in [3.05, 3.63) is 65.2 Å². The number of hydrogen-bond donors (Lipinski definition) is 2. The van der Waals surface area contributed by atoms with E-state index in [9.17, 15) is 19.2 Å². The van der Waals surface area contributed by atoms with E-state index >= 15 is 0 Å². The first-order chi connectivity index (χ1) is 13.5. The average Bonchev–Trinajstić information content (AvgIpc) is 2.67. The van der Waals surface area contributed by atoms with E-state index in [1.165, 1.54) is 18.2 Å². The molecule has 1 aliphatic heterocycles. The average molecular weight is 380 g/mol. The lowest BCUT2D eigenvalue weighted by Crippen LogP contribution is -2.51. The second-order valence-electron chi connectivity index (χ2n) is 5.69. The van der Waals surface area contributed by atoms with Gasteiger partial charge in [0.25, 0.3) is 11.8 Å². The predicted octanol–water partition coefficient (Wildman–Crippen LogP) is 2.05. The summed E-state index contributed by atoms with van der Waals surface area (Å²) in [5, 5.41) is 3.99. The molecule has 142 valence electrons. The standard InChI is InChI=1S/C20H16N2O6/c1-2-27-16-11-12(10-14-17(23)21-20(26)22-18(14)24)8-9-15(16)28-19(25)13-6-4-3-5-7-13/h3-11H,2H2,1H3,(H2,21,22,23,24,26). The Balaban J connectivity index is 1.88. The van der Waals surface area contributed by atoms with Crippen molar-refractivity contribution >= 4 is 29.9 Å². The summed E-state index contributed by atoms with van der Waals surface area (Å²) >= 11 is 0. The van der Waals surface area contributed by atoms with Crippen molar-refractivity contribution < 1.29 is 28.7 Å². The number of imide groups is 2. The van der Waals surface area contributed by atoms with Crippen LogP contribution >= 0.6 is 0 Å². The third kappa shape index (κ3) is 4.24. The third-order valence-corrected chi connectivity index (χ3v) is 3.73. The van der Waals surface area contributed by atoms with Crippen molar-refractivity contribution in [3.8, 4) is 11.5 Å². The molecule has 2 N–H and O–H groups in total. The van der Waals surface area contributed by atoms with E-state index < -0.39 is 23.8 Å². The molecule has 4 amide bonds. The summed E-state index contributed by atoms with van der Waals surface area (Å²) in [5.41, 5.74) is 0.616. The molecule has 0 bridgehead atoms. The zero-order valence-electron chi connectivity index (χ0n) is 14.9. The summed E-state index contributed by atoms with van der Waals surface area (Å²) in [7, 11) is 0. The van der Waals surface area contributed by atoms with Crippen molar-refractivity contribution in [1.82, 2.24) is 10.6 Å². The van der Waals surface area contributed by atoms with Crippen LogP contribution in [-0.2, 0) is 9.59 Å². The van der Waals surface area contributed by atoms with Gasteiger partial charge in [0.2, 0.25) is 0 Å². The Hall–Kier alpha value is -3.94. The van der Waals surface area contributed by atoms with Crippen LogP contribution in [0, 0.1) is 0 Å². The second kappa shape index (κ2) is 8.17. The van der Waals surface area contributed by atoms with E-state index in [2.05, 4.69) is 0 Å². The molecule has 1 aliphatic rings. The van der Waals surface area contributed by atoms with Gasteiger partial charge in [0, 0.05) is 0 Å². The van der Waals surface area contributed by atoms with Crippen molar-refractivity contribution in [2.45, 2.75) is 6.92 Å². The molecule has 0 aliphatic carbocycles. The number of barbiturate groups is 1. The van der Waals surface area contributed by atoms with E-state index in [4.69, 9.17) is 9.47 Å². The Morgan fingerprint density at radius 2 is 1.64 bits per heavy atom. The van der Waals surface area contributed by atoms with E-state index in [-0.39, 0.29) is 17.1 Å². The minimum atomic E-state index is -0.870. The first kappa shape index (κ1) is 18.8. The Morgan fingerprint density at radius 3 is 2.29 bits per heavy atom. The SMILES string of the molecule is CCOc1cc(C=C2C(=O)NC(=O)NC2=O)ccc1OC(=O)c1ccccc1. The molecule has 28 heavy (non-hydrogen) atoms. The molecule has 0 atom stereocenters. The Bertz CT molecular complexity index is 959. The minimum Gasteiger partial charge on any atom is -0.490 e. The monoisotopic (exact) mass is 380 g/mol. The molecule has 0 saturated carbocycles. The molecule has 2 aromatic carbocycles. The molecule has 2 aromatic rings. The Morgan fingerprint density at radius 1 is 0.964 bits per heavy atom. The Labute approximate surface area is 160 Å². The number of amides is 4. The highest BCUT2D eigenvalue weighted by atomic mass is 16.6. The van der Waals surface area contributed by atoms with Crippen LogP contribution in [0.4, 0.5) is 4.79 Å². The maximum atomic E-state index is 12.3. The van der Waals surface area contributed by atoms with Crippen LogP contribution in [0.3, 0.4) is 0 Å². The zero-order chi connectivity index (χ0) is 20.1. The van der Waals surface area contributed by atoms with Gasteiger partial charge in [-0.2, -0.15) is 0 Å². The maximum Gasteiger partial charge on any atom is 0.343 e. The lowest BCUT2D eigenvalue weighted by molar-refractivity contribution is -0.123. The van der Waals surface area contributed by atoms with Gasteiger partial charge in [-0.15, -0.1) is 0 Å². The van der Waals surface area contributed by atoms with E-state index in [1.54, 1.807) is 43.3 Å². The summed E-state index contributed by atoms with van der Waals surface area (Å²) in [6, 6.07) is 12.2. The van der Waals surface area contributed by atoms with Crippen LogP contribution in [0.5, 0.6) is 11.5 Å². The van der Waals surface area contributed by atoms with Gasteiger partial charge in [0.15, 0.2) is 11.5 Å². The molecule has 0 radical (unpaired) electrons. The minimum absolute atomic E-state index is 0.200. The van der Waals surface area contributed by atoms with Gasteiger partial charge in [-0.05, 0) is 42.8 Å². The van der Waals surface area contributed by atoms with E-state index in [0.717, 1.165) is 0 Å². The molecular formula is C20H16N2O6. The first-order valence-electron chi connectivity index (χ1n) is 8.40. The van der Waals surface area contributed by atoms with Crippen LogP contribution in [-0.4, -0.2) is 30.4 Å². The van der Waals surface area contributed by atoms with Gasteiger partial charge in [0.1, 0.15) is 5.57 Å². The number of benzene rings is 2. The number of carbonyl (C=O) groups is 4. The number of urea groups is 1. The molecular weight excluding hydrogens is 364 g/mol. The van der Waals surface area contributed by atoms with Gasteiger partial charge in [-0.1, -0.05) is 24.3 Å². The largest absolute Gasteiger partial charge is 0.490 e. The van der Waals surface area contributed by atoms with Gasteiger partial charge in [-0.25, -0.2) is 9.59 Å². The summed E-state index contributed by atoms with van der Waals surface area (Å²) in [4.78, 5) is 47.1. The van der Waals surface area contributed by atoms with Crippen molar-refractivity contribution in [1.29, 1.82) is 0 Å². The molecule has 8 heteroatoms. The number of nitrogens with one attached hydrogen (secondary N) is 2. The molecule has 1 heterocycles. The fraction of sp³-hybridized carbons (Fsp3) is 0.100. The van der Waals surface area contributed by atoms with E-state index in [1.807, 2.05) is 10.6 Å². The van der Waals surface area contributed by atoms with Crippen LogP contribution in [0.1, 0.15) is 22.8 Å². The zero-order valence-corrected chi connectivity index (χ0v) is 14.9. The number of esters is 1. The van der Waals surface area contributed by atoms with Crippen LogP contribution in [0.2, 0.25) is 0 Å². The third-order valence-electron chi connectivity index (χ3n) is 3.73. The molecule has 8 nitrogen and oxygen atoms in total. The van der Waals surface area contributed by atoms with Gasteiger partial charge in [-0.3, -0.25) is 20.2 Å². The summed E-state index contributed by atoms with van der Waals surface area (Å²) in [5.74, 6) is -1.67. The number of rotatable bonds is 5. The quantitative estimate of drug-likeness (QED) is 0.355. The lowest BCUT2D eigenvalue weighted by atomic mass is 10.1. The van der Waals surface area contributed by atoms with Crippen molar-refractivity contribution in [3.63, 3.8) is 0 Å². The predicted molar refractivity (Wildman–Crippen MR) is 98.7 cm³/mol. The normalized spacial score (nSPS) is 13.5. The lowest BCUT2D eigenvalue weighted by Gasteiger charge is -2.15. The number of ether oxygens (including phenoxy) is 2. The summed E-state index contributed by atoms with van der Waals surface area (Å²) < 4.78 is 10.9. The van der Waals surface area contributed by atoms with Gasteiger partial charge >= 0.3 is 12.0 Å². The second-order valence-corrected chi connectivity index (χ2v) is 5.69. The van der Waals surface area contributed by atoms with E-state index in [0.29, 0.717) is 17.7 Å². The van der Waals surface area contributed by atoms with Crippen molar-refractivity contribution in [2.24, 2.45) is 0 Å². The maximum absolute atomic E-state index is 12.3. The summed E-state index contributed by atoms with van der Waals surface area (Å²) in [6.45, 7) is 2.08. The molecule has 1 saturated heterocycles. The highest BCUT2D eigenvalue weighted by Crippen LogP contribution is 2.30. The Kier molecular flexibility index (Phi) is 5.50. The fourth-order valence-corrected chi connectivity index (χ4v) is 2.47. The fourth-order valence-electron chi connectivity index (χ4n) is 2.47. The topological polar surface area (TPSA) is 111 Å². The number of hydrogen-bond acceptors (Lipinski definition) is 6. The van der Waals surface area contributed by atoms with Crippen LogP contribution < -0.4 is 20.1 Å². The van der Waals surface area contributed by atoms with Crippen LogP contribution in [0.15, 0.2) is 54.1 Å². The number of carbonyl (C=O) groups excluding carboxylic acids is 4.